The Morgan fingerprint density at radius 2 is 1.70 bits per heavy atom. The third kappa shape index (κ3) is 4.98. The van der Waals surface area contributed by atoms with Crippen LogP contribution in [0, 0.1) is 0 Å². The van der Waals surface area contributed by atoms with Crippen LogP contribution < -0.4 is 9.80 Å². The zero-order valence-corrected chi connectivity index (χ0v) is 18.2. The topological polar surface area (TPSA) is 80.2 Å². The van der Waals surface area contributed by atoms with Crippen LogP contribution in [0.5, 0.6) is 0 Å². The molecule has 0 unspecified atom stereocenters. The first-order chi connectivity index (χ1) is 14.7. The quantitative estimate of drug-likeness (QED) is 0.511. The van der Waals surface area contributed by atoms with Gasteiger partial charge >= 0.3 is 0 Å². The summed E-state index contributed by atoms with van der Waals surface area (Å²) in [5.41, 5.74) is 1.95. The highest BCUT2D eigenvalue weighted by Gasteiger charge is 2.29. The van der Waals surface area contributed by atoms with Gasteiger partial charge in [0.15, 0.2) is 0 Å². The van der Waals surface area contributed by atoms with Crippen LogP contribution >= 0.6 is 15.9 Å². The Morgan fingerprint density at radius 3 is 2.40 bits per heavy atom. The lowest BCUT2D eigenvalue weighted by Crippen LogP contribution is -2.56. The average molecular weight is 468 g/mol. The molecular formula is C21H22BrN7O. The summed E-state index contributed by atoms with van der Waals surface area (Å²) in [5.74, 6) is 1.44. The number of anilines is 2. The number of methoxy groups -OCH3 is 1. The summed E-state index contributed by atoms with van der Waals surface area (Å²) in [6.45, 7) is 2.89. The first-order valence-electron chi connectivity index (χ1n) is 9.62. The second-order valence-corrected chi connectivity index (χ2v) is 7.67. The lowest BCUT2D eigenvalue weighted by atomic mass is 10.2. The minimum Gasteiger partial charge on any atom is -0.382 e. The van der Waals surface area contributed by atoms with E-state index in [9.17, 15) is 0 Å². The molecule has 1 fully saturated rings. The van der Waals surface area contributed by atoms with Crippen molar-refractivity contribution in [3.8, 4) is 0 Å². The molecule has 1 saturated heterocycles. The number of pyridine rings is 1. The summed E-state index contributed by atoms with van der Waals surface area (Å²) in [5, 5.41) is 0. The van der Waals surface area contributed by atoms with Crippen LogP contribution in [-0.4, -0.2) is 64.3 Å². The Hall–Kier alpha value is -2.91. The molecule has 0 radical (unpaired) electrons. The monoisotopic (exact) mass is 467 g/mol. The molecule has 154 valence electrons. The molecule has 4 heterocycles. The molecule has 0 spiro atoms. The molecule has 9 heteroatoms. The summed E-state index contributed by atoms with van der Waals surface area (Å²) < 4.78 is 6.25. The van der Waals surface area contributed by atoms with Gasteiger partial charge in [-0.3, -0.25) is 0 Å². The molecule has 0 saturated carbocycles. The average Bonchev–Trinajstić information content (AvgIpc) is 2.80. The van der Waals surface area contributed by atoms with E-state index in [1.165, 1.54) is 0 Å². The molecule has 0 N–H and O–H groups in total. The first-order valence-corrected chi connectivity index (χ1v) is 10.4. The second kappa shape index (κ2) is 9.73. The van der Waals surface area contributed by atoms with Gasteiger partial charge in [0.1, 0.15) is 4.60 Å². The van der Waals surface area contributed by atoms with Gasteiger partial charge in [-0.2, -0.15) is 0 Å². The Bertz CT molecular complexity index is 967. The van der Waals surface area contributed by atoms with Crippen LogP contribution in [0.1, 0.15) is 11.1 Å². The summed E-state index contributed by atoms with van der Waals surface area (Å²) in [4.78, 5) is 26.5. The van der Waals surface area contributed by atoms with Crippen molar-refractivity contribution in [2.45, 2.75) is 6.04 Å². The van der Waals surface area contributed by atoms with Gasteiger partial charge in [-0.05, 0) is 33.6 Å². The van der Waals surface area contributed by atoms with E-state index < -0.39 is 0 Å². The van der Waals surface area contributed by atoms with Gasteiger partial charge in [0.05, 0.1) is 12.6 Å². The molecule has 0 amide bonds. The predicted octanol–water partition coefficient (Wildman–Crippen LogP) is 2.94. The third-order valence-electron chi connectivity index (χ3n) is 4.81. The van der Waals surface area contributed by atoms with Crippen LogP contribution in [0.2, 0.25) is 0 Å². The molecular weight excluding hydrogens is 446 g/mol. The largest absolute Gasteiger partial charge is 0.382 e. The molecule has 8 nitrogen and oxygen atoms in total. The highest BCUT2D eigenvalue weighted by Crippen LogP contribution is 2.20. The molecule has 4 rings (SSSR count). The maximum atomic E-state index is 5.44. The number of piperazine rings is 1. The molecule has 1 atom stereocenters. The van der Waals surface area contributed by atoms with Gasteiger partial charge in [-0.1, -0.05) is 18.2 Å². The molecule has 30 heavy (non-hydrogen) atoms. The summed E-state index contributed by atoms with van der Waals surface area (Å²) >= 11 is 3.34. The van der Waals surface area contributed by atoms with E-state index in [1.807, 2.05) is 48.9 Å². The minimum atomic E-state index is 0.124. The summed E-state index contributed by atoms with van der Waals surface area (Å²) in [7, 11) is 1.71. The van der Waals surface area contributed by atoms with Gasteiger partial charge in [-0.25, -0.2) is 24.9 Å². The number of hydrogen-bond acceptors (Lipinski definition) is 8. The second-order valence-electron chi connectivity index (χ2n) is 6.86. The predicted molar refractivity (Wildman–Crippen MR) is 120 cm³/mol. The smallest absolute Gasteiger partial charge is 0.225 e. The summed E-state index contributed by atoms with van der Waals surface area (Å²) in [6, 6.07) is 5.85. The van der Waals surface area contributed by atoms with Crippen LogP contribution in [0.4, 0.5) is 11.9 Å². The van der Waals surface area contributed by atoms with E-state index >= 15 is 0 Å². The fraction of sp³-hybridized carbons (Fsp3) is 0.286. The maximum Gasteiger partial charge on any atom is 0.225 e. The Morgan fingerprint density at radius 1 is 0.967 bits per heavy atom. The Balaban J connectivity index is 1.43. The number of nitrogens with zero attached hydrogens (tertiary/aromatic N) is 7. The van der Waals surface area contributed by atoms with Gasteiger partial charge in [0.2, 0.25) is 11.9 Å². The van der Waals surface area contributed by atoms with E-state index in [4.69, 9.17) is 4.74 Å². The SMILES string of the molecule is COC[C@H]1CN(c2ncc(/C=C/c3ccc(Br)nc3)cn2)CCN1c1ncccn1. The molecule has 1 aliphatic rings. The zero-order chi connectivity index (χ0) is 20.8. The number of rotatable bonds is 6. The van der Waals surface area contributed by atoms with Crippen molar-refractivity contribution in [1.82, 2.24) is 24.9 Å². The maximum absolute atomic E-state index is 5.44. The number of halogens is 1. The number of ether oxygens (including phenoxy) is 1. The molecule has 3 aromatic heterocycles. The van der Waals surface area contributed by atoms with Crippen LogP contribution in [0.25, 0.3) is 12.2 Å². The molecule has 0 bridgehead atoms. The highest BCUT2D eigenvalue weighted by molar-refractivity contribution is 9.10. The van der Waals surface area contributed by atoms with Crippen molar-refractivity contribution in [2.75, 3.05) is 43.2 Å². The van der Waals surface area contributed by atoms with Gasteiger partial charge in [0.25, 0.3) is 0 Å². The van der Waals surface area contributed by atoms with Crippen LogP contribution in [-0.2, 0) is 4.74 Å². The van der Waals surface area contributed by atoms with Crippen molar-refractivity contribution in [3.05, 3.63) is 64.9 Å². The number of aromatic nitrogens is 5. The normalized spacial score (nSPS) is 16.9. The van der Waals surface area contributed by atoms with Crippen molar-refractivity contribution in [3.63, 3.8) is 0 Å². The molecule has 3 aromatic rings. The van der Waals surface area contributed by atoms with Crippen molar-refractivity contribution < 1.29 is 4.74 Å². The van der Waals surface area contributed by atoms with Crippen molar-refractivity contribution in [1.29, 1.82) is 0 Å². The minimum absolute atomic E-state index is 0.124. The van der Waals surface area contributed by atoms with E-state index in [2.05, 4.69) is 50.6 Å². The van der Waals surface area contributed by atoms with Gasteiger partial charge < -0.3 is 14.5 Å². The lowest BCUT2D eigenvalue weighted by molar-refractivity contribution is 0.173. The fourth-order valence-corrected chi connectivity index (χ4v) is 3.57. The van der Waals surface area contributed by atoms with Crippen molar-refractivity contribution in [2.24, 2.45) is 0 Å². The van der Waals surface area contributed by atoms with Gasteiger partial charge in [-0.15, -0.1) is 0 Å². The molecule has 0 aliphatic carbocycles. The van der Waals surface area contributed by atoms with E-state index in [1.54, 1.807) is 19.5 Å². The molecule has 1 aliphatic heterocycles. The number of hydrogen-bond donors (Lipinski definition) is 0. The highest BCUT2D eigenvalue weighted by atomic mass is 79.9. The standard InChI is InChI=1S/C21H22BrN7O/c1-30-15-18-14-28(9-10-29(18)21-23-7-2-8-24-21)20-26-12-17(13-27-20)4-3-16-5-6-19(22)25-11-16/h2-8,11-13,18H,9-10,14-15H2,1H3/b4-3+/t18-/m1/s1. The molecule has 0 aromatic carbocycles. The van der Waals surface area contributed by atoms with E-state index in [0.29, 0.717) is 12.6 Å². The Labute approximate surface area is 183 Å². The third-order valence-corrected chi connectivity index (χ3v) is 5.28. The van der Waals surface area contributed by atoms with Gasteiger partial charge in [0, 0.05) is 63.3 Å². The fourth-order valence-electron chi connectivity index (χ4n) is 3.33. The van der Waals surface area contributed by atoms with E-state index in [0.717, 1.165) is 41.3 Å². The lowest BCUT2D eigenvalue weighted by Gasteiger charge is -2.41. The van der Waals surface area contributed by atoms with Crippen molar-refractivity contribution >= 4 is 40.0 Å². The first kappa shape index (κ1) is 20.4. The van der Waals surface area contributed by atoms with Crippen LogP contribution in [0.3, 0.4) is 0 Å². The van der Waals surface area contributed by atoms with E-state index in [-0.39, 0.29) is 6.04 Å². The Kier molecular flexibility index (Phi) is 6.60. The summed E-state index contributed by atoms with van der Waals surface area (Å²) in [6.07, 6.45) is 13.0. The van der Waals surface area contributed by atoms with Crippen LogP contribution in [0.15, 0.2) is 53.8 Å². The zero-order valence-electron chi connectivity index (χ0n) is 16.6.